The highest BCUT2D eigenvalue weighted by atomic mass is 35.5. The second kappa shape index (κ2) is 11.1. The minimum atomic E-state index is -2.97. The van der Waals surface area contributed by atoms with Crippen molar-refractivity contribution in [3.8, 4) is 6.07 Å². The first-order valence-electron chi connectivity index (χ1n) is 12.8. The van der Waals surface area contributed by atoms with Gasteiger partial charge in [-0.15, -0.1) is 0 Å². The second-order valence-electron chi connectivity index (χ2n) is 10.2. The third-order valence-corrected chi connectivity index (χ3v) is 7.73. The maximum Gasteiger partial charge on any atom is 0.258 e. The second-order valence-corrected chi connectivity index (χ2v) is 10.6. The van der Waals surface area contributed by atoms with Gasteiger partial charge in [0.15, 0.2) is 0 Å². The van der Waals surface area contributed by atoms with Crippen LogP contribution in [0.1, 0.15) is 36.3 Å². The maximum atomic E-state index is 14.4. The average Bonchev–Trinajstić information content (AvgIpc) is 3.19. The summed E-state index contributed by atoms with van der Waals surface area (Å²) in [6, 6.07) is 14.4. The topological polar surface area (TPSA) is 135 Å². The highest BCUT2D eigenvalue weighted by molar-refractivity contribution is 6.32. The van der Waals surface area contributed by atoms with Crippen LogP contribution in [0.25, 0.3) is 0 Å². The third kappa shape index (κ3) is 5.29. The van der Waals surface area contributed by atoms with Gasteiger partial charge in [0.05, 0.1) is 17.6 Å². The molecule has 42 heavy (non-hydrogen) atoms. The molecule has 0 spiro atoms. The first-order chi connectivity index (χ1) is 19.9. The summed E-state index contributed by atoms with van der Waals surface area (Å²) in [5, 5.41) is 25.5. The highest BCUT2D eigenvalue weighted by Gasteiger charge is 2.64. The minimum Gasteiger partial charge on any atom is -0.383 e. The van der Waals surface area contributed by atoms with Gasteiger partial charge in [0, 0.05) is 42.2 Å². The molecule has 1 aliphatic carbocycles. The van der Waals surface area contributed by atoms with Gasteiger partial charge in [0.1, 0.15) is 23.3 Å². The van der Waals surface area contributed by atoms with Crippen LogP contribution in [0, 0.1) is 17.1 Å². The Morgan fingerprint density at radius 1 is 1.12 bits per heavy atom. The fourth-order valence-corrected chi connectivity index (χ4v) is 5.74. The molecule has 0 radical (unpaired) electrons. The molecule has 2 unspecified atom stereocenters. The zero-order valence-corrected chi connectivity index (χ0v) is 22.5. The Morgan fingerprint density at radius 2 is 1.86 bits per heavy atom. The number of aliphatic hydroxyl groups excluding tert-OH is 1. The summed E-state index contributed by atoms with van der Waals surface area (Å²) in [6.45, 7) is 0. The molecule has 3 atom stereocenters. The SMILES string of the molecule is N#Cc1ccnc(N2C(=O)C(O)CC2(C(=O)Nc2cccc(F)c2)[C@@H](C(=O)NC2CC(F)(F)C2)c2ccccc2Cl)c1. The van der Waals surface area contributed by atoms with Crippen molar-refractivity contribution in [2.24, 2.45) is 0 Å². The number of hydrogen-bond donors (Lipinski definition) is 3. The number of carbonyl (C=O) groups excluding carboxylic acids is 3. The predicted octanol–water partition coefficient (Wildman–Crippen LogP) is 3.92. The van der Waals surface area contributed by atoms with Gasteiger partial charge in [-0.1, -0.05) is 35.9 Å². The molecular weight excluding hydrogens is 575 g/mol. The largest absolute Gasteiger partial charge is 0.383 e. The lowest BCUT2D eigenvalue weighted by atomic mass is 9.74. The molecule has 1 saturated carbocycles. The van der Waals surface area contributed by atoms with Crippen LogP contribution < -0.4 is 15.5 Å². The lowest BCUT2D eigenvalue weighted by Crippen LogP contribution is -2.63. The number of benzene rings is 2. The third-order valence-electron chi connectivity index (χ3n) is 7.38. The molecule has 1 aromatic heterocycles. The lowest BCUT2D eigenvalue weighted by Gasteiger charge is -2.43. The average molecular weight is 598 g/mol. The zero-order chi connectivity index (χ0) is 30.2. The van der Waals surface area contributed by atoms with Crippen LogP contribution in [-0.4, -0.2) is 51.4 Å². The standard InChI is InChI=1S/C29H23ClF3N5O4/c30-21-7-2-1-6-20(21)24(25(40)36-19-12-28(32,33)13-19)29(27(42)37-18-5-3-4-17(31)11-18)14-22(39)26(41)38(29)23-10-16(15-34)8-9-35-23/h1-11,19,22,24,39H,12-14H2,(H,36,40)(H,37,42)/t22?,24-,29?/m1/s1. The van der Waals surface area contributed by atoms with Gasteiger partial charge < -0.3 is 15.7 Å². The summed E-state index contributed by atoms with van der Waals surface area (Å²) >= 11 is 6.53. The molecular formula is C29H23ClF3N5O4. The van der Waals surface area contributed by atoms with Gasteiger partial charge in [-0.25, -0.2) is 18.2 Å². The fourth-order valence-electron chi connectivity index (χ4n) is 5.50. The molecule has 3 amide bonds. The molecule has 216 valence electrons. The van der Waals surface area contributed by atoms with Crippen molar-refractivity contribution in [2.45, 2.75) is 48.8 Å². The fraction of sp³-hybridized carbons (Fsp3) is 0.276. The van der Waals surface area contributed by atoms with Crippen molar-refractivity contribution < 1.29 is 32.7 Å². The van der Waals surface area contributed by atoms with E-state index in [4.69, 9.17) is 11.6 Å². The van der Waals surface area contributed by atoms with E-state index in [0.717, 1.165) is 17.0 Å². The predicted molar refractivity (Wildman–Crippen MR) is 145 cm³/mol. The number of alkyl halides is 2. The van der Waals surface area contributed by atoms with E-state index in [1.54, 1.807) is 6.07 Å². The number of nitrogens with zero attached hydrogens (tertiary/aromatic N) is 3. The van der Waals surface area contributed by atoms with Crippen LogP contribution in [0.15, 0.2) is 66.9 Å². The summed E-state index contributed by atoms with van der Waals surface area (Å²) in [6.07, 6.45) is -2.53. The molecule has 2 aromatic carbocycles. The van der Waals surface area contributed by atoms with E-state index in [-0.39, 0.29) is 27.7 Å². The molecule has 0 bridgehead atoms. The van der Waals surface area contributed by atoms with E-state index in [2.05, 4.69) is 15.6 Å². The monoisotopic (exact) mass is 597 g/mol. The van der Waals surface area contributed by atoms with Gasteiger partial charge in [0.25, 0.3) is 17.7 Å². The van der Waals surface area contributed by atoms with Gasteiger partial charge in [-0.2, -0.15) is 5.26 Å². The quantitative estimate of drug-likeness (QED) is 0.378. The van der Waals surface area contributed by atoms with Crippen LogP contribution in [0.4, 0.5) is 24.7 Å². The minimum absolute atomic E-state index is 0.0158. The highest BCUT2D eigenvalue weighted by Crippen LogP contribution is 2.48. The lowest BCUT2D eigenvalue weighted by molar-refractivity contribution is -0.136. The Kier molecular flexibility index (Phi) is 7.66. The normalized spacial score (nSPS) is 22.1. The number of aliphatic hydroxyl groups is 1. The van der Waals surface area contributed by atoms with Crippen molar-refractivity contribution in [1.29, 1.82) is 5.26 Å². The van der Waals surface area contributed by atoms with Gasteiger partial charge >= 0.3 is 0 Å². The Bertz CT molecular complexity index is 1610. The van der Waals surface area contributed by atoms with E-state index in [9.17, 15) is 37.9 Å². The van der Waals surface area contributed by atoms with Crippen molar-refractivity contribution in [3.63, 3.8) is 0 Å². The molecule has 9 nitrogen and oxygen atoms in total. The van der Waals surface area contributed by atoms with Crippen molar-refractivity contribution in [3.05, 3.63) is 88.8 Å². The number of halogens is 4. The Hall–Kier alpha value is -4.47. The van der Waals surface area contributed by atoms with Gasteiger partial charge in [-0.05, 0) is 42.0 Å². The van der Waals surface area contributed by atoms with E-state index in [0.29, 0.717) is 0 Å². The summed E-state index contributed by atoms with van der Waals surface area (Å²) < 4.78 is 41.4. The molecule has 2 aliphatic rings. The van der Waals surface area contributed by atoms with Crippen molar-refractivity contribution in [2.75, 3.05) is 10.2 Å². The summed E-state index contributed by atoms with van der Waals surface area (Å²) in [7, 11) is 0. The summed E-state index contributed by atoms with van der Waals surface area (Å²) in [4.78, 5) is 47.1. The number of hydrogen-bond acceptors (Lipinski definition) is 6. The number of amides is 3. The maximum absolute atomic E-state index is 14.4. The molecule has 5 rings (SSSR count). The van der Waals surface area contributed by atoms with Crippen LogP contribution >= 0.6 is 11.6 Å². The number of carbonyl (C=O) groups is 3. The molecule has 3 N–H and O–H groups in total. The Labute approximate surface area is 242 Å². The molecule has 1 aliphatic heterocycles. The Balaban J connectivity index is 1.72. The van der Waals surface area contributed by atoms with E-state index < -0.39 is 72.3 Å². The molecule has 3 aromatic rings. The molecule has 13 heteroatoms. The van der Waals surface area contributed by atoms with Crippen molar-refractivity contribution in [1.82, 2.24) is 10.3 Å². The Morgan fingerprint density at radius 3 is 2.52 bits per heavy atom. The number of nitrogens with one attached hydrogen (secondary N) is 2. The van der Waals surface area contributed by atoms with Crippen LogP contribution in [0.5, 0.6) is 0 Å². The zero-order valence-electron chi connectivity index (χ0n) is 21.7. The van der Waals surface area contributed by atoms with Gasteiger partial charge in [0.2, 0.25) is 5.91 Å². The van der Waals surface area contributed by atoms with E-state index >= 15 is 0 Å². The van der Waals surface area contributed by atoms with Crippen molar-refractivity contribution >= 4 is 40.8 Å². The number of rotatable bonds is 7. The number of aromatic nitrogens is 1. The molecule has 2 heterocycles. The van der Waals surface area contributed by atoms with Gasteiger partial charge in [-0.3, -0.25) is 19.3 Å². The molecule has 1 saturated heterocycles. The molecule has 2 fully saturated rings. The first kappa shape index (κ1) is 29.0. The number of pyridine rings is 1. The number of nitriles is 1. The van der Waals surface area contributed by atoms with E-state index in [1.807, 2.05) is 6.07 Å². The van der Waals surface area contributed by atoms with Crippen LogP contribution in [-0.2, 0) is 14.4 Å². The first-order valence-corrected chi connectivity index (χ1v) is 13.2. The smallest absolute Gasteiger partial charge is 0.258 e. The van der Waals surface area contributed by atoms with Crippen LogP contribution in [0.3, 0.4) is 0 Å². The van der Waals surface area contributed by atoms with E-state index in [1.165, 1.54) is 48.7 Å². The summed E-state index contributed by atoms with van der Waals surface area (Å²) in [5.41, 5.74) is -2.22. The van der Waals surface area contributed by atoms with Crippen LogP contribution in [0.2, 0.25) is 5.02 Å². The summed E-state index contributed by atoms with van der Waals surface area (Å²) in [5.74, 6) is -8.50. The number of anilines is 2.